The van der Waals surface area contributed by atoms with Crippen LogP contribution in [0.15, 0.2) is 30.3 Å². The van der Waals surface area contributed by atoms with Crippen molar-refractivity contribution in [3.63, 3.8) is 0 Å². The van der Waals surface area contributed by atoms with Crippen molar-refractivity contribution in [3.05, 3.63) is 35.9 Å². The fourth-order valence-corrected chi connectivity index (χ4v) is 3.19. The largest absolute Gasteiger partial charge is 0.387 e. The van der Waals surface area contributed by atoms with Gasteiger partial charge < -0.3 is 0 Å². The van der Waals surface area contributed by atoms with E-state index in [1.807, 2.05) is 73.5 Å². The van der Waals surface area contributed by atoms with Crippen LogP contribution < -0.4 is 10.6 Å². The molecule has 0 fully saturated rings. The summed E-state index contributed by atoms with van der Waals surface area (Å²) in [6, 6.07) is 10.1. The second-order valence-corrected chi connectivity index (χ2v) is 5.71. The molecule has 0 spiro atoms. The molecule has 2 rings (SSSR count). The molecule has 0 amide bonds. The standard InChI is InChI=1S/C13H21N6OP/c1-14-12-15-13(16(2)3,11-9-7-6-8-10-11)19(17(4)5)18(12)21-20/h6-10H,1-5H3,(H,14,15)/p+1. The summed E-state index contributed by atoms with van der Waals surface area (Å²) in [5.41, 5.74) is 1.04. The van der Waals surface area contributed by atoms with E-state index in [0.29, 0.717) is 5.96 Å². The van der Waals surface area contributed by atoms with E-state index in [1.165, 1.54) is 0 Å². The fourth-order valence-electron chi connectivity index (χ4n) is 2.60. The van der Waals surface area contributed by atoms with Crippen LogP contribution in [0.25, 0.3) is 0 Å². The first kappa shape index (κ1) is 15.7. The molecule has 1 aromatic carbocycles. The molecular formula is C13H22N6OP+. The van der Waals surface area contributed by atoms with Gasteiger partial charge in [0.1, 0.15) is 0 Å². The van der Waals surface area contributed by atoms with Gasteiger partial charge in [0, 0.05) is 19.7 Å². The normalized spacial score (nSPS) is 22.3. The van der Waals surface area contributed by atoms with Crippen molar-refractivity contribution in [1.29, 1.82) is 0 Å². The van der Waals surface area contributed by atoms with E-state index in [4.69, 9.17) is 0 Å². The summed E-state index contributed by atoms with van der Waals surface area (Å²) in [6.07, 6.45) is 0. The maximum absolute atomic E-state index is 11.7. The zero-order valence-electron chi connectivity index (χ0n) is 13.0. The van der Waals surface area contributed by atoms with Crippen molar-refractivity contribution in [2.75, 3.05) is 35.2 Å². The monoisotopic (exact) mass is 309 g/mol. The molecule has 1 heterocycles. The highest BCUT2D eigenvalue weighted by Crippen LogP contribution is 2.34. The summed E-state index contributed by atoms with van der Waals surface area (Å²) in [7, 11) is 9.47. The first-order valence-corrected chi connectivity index (χ1v) is 7.42. The van der Waals surface area contributed by atoms with Crippen LogP contribution in [0.4, 0.5) is 0 Å². The molecule has 0 aromatic heterocycles. The van der Waals surface area contributed by atoms with Crippen LogP contribution in [0.2, 0.25) is 0 Å². The van der Waals surface area contributed by atoms with Crippen LogP contribution in [0.3, 0.4) is 0 Å². The molecule has 1 unspecified atom stereocenters. The van der Waals surface area contributed by atoms with Gasteiger partial charge in [-0.15, -0.1) is 5.12 Å². The number of hydrogen-bond donors (Lipinski definition) is 2. The van der Waals surface area contributed by atoms with Gasteiger partial charge >= 0.3 is 14.6 Å². The Bertz CT molecular complexity index is 547. The van der Waals surface area contributed by atoms with E-state index >= 15 is 0 Å². The van der Waals surface area contributed by atoms with Crippen LogP contribution in [0, 0.1) is 0 Å². The molecule has 1 atom stereocenters. The van der Waals surface area contributed by atoms with Gasteiger partial charge in [-0.25, -0.2) is 14.8 Å². The van der Waals surface area contributed by atoms with Crippen LogP contribution in [-0.2, 0) is 10.4 Å². The Hall–Kier alpha value is -1.69. The molecule has 114 valence electrons. The van der Waals surface area contributed by atoms with E-state index in [2.05, 4.69) is 10.6 Å². The predicted octanol–water partition coefficient (Wildman–Crippen LogP) is 0.450. The minimum absolute atomic E-state index is 0.125. The van der Waals surface area contributed by atoms with Crippen molar-refractivity contribution in [1.82, 2.24) is 25.7 Å². The van der Waals surface area contributed by atoms with Gasteiger partial charge in [-0.05, 0) is 14.1 Å². The van der Waals surface area contributed by atoms with Crippen molar-refractivity contribution < 1.29 is 9.02 Å². The molecular weight excluding hydrogens is 287 g/mol. The van der Waals surface area contributed by atoms with Crippen molar-refractivity contribution >= 4 is 14.6 Å². The molecule has 0 bridgehead atoms. The zero-order chi connectivity index (χ0) is 15.6. The Morgan fingerprint density at radius 3 is 2.29 bits per heavy atom. The summed E-state index contributed by atoms with van der Waals surface area (Å²) in [6.45, 7) is 0. The molecule has 0 saturated heterocycles. The lowest BCUT2D eigenvalue weighted by Crippen LogP contribution is -2.64. The molecule has 7 nitrogen and oxygen atoms in total. The van der Waals surface area contributed by atoms with Gasteiger partial charge in [-0.1, -0.05) is 34.8 Å². The van der Waals surface area contributed by atoms with Gasteiger partial charge in [0.15, 0.2) is 0 Å². The highest BCUT2D eigenvalue weighted by Gasteiger charge is 2.55. The third-order valence-corrected chi connectivity index (χ3v) is 4.00. The van der Waals surface area contributed by atoms with Crippen LogP contribution in [0.5, 0.6) is 0 Å². The second kappa shape index (κ2) is 5.97. The van der Waals surface area contributed by atoms with E-state index < -0.39 is 5.79 Å². The van der Waals surface area contributed by atoms with Crippen molar-refractivity contribution in [2.24, 2.45) is 0 Å². The first-order valence-electron chi connectivity index (χ1n) is 6.65. The highest BCUT2D eigenvalue weighted by atomic mass is 31.1. The molecule has 8 heteroatoms. The Morgan fingerprint density at radius 2 is 1.86 bits per heavy atom. The number of nitrogens with zero attached hydrogens (tertiary/aromatic N) is 4. The molecule has 0 saturated carbocycles. The van der Waals surface area contributed by atoms with Crippen LogP contribution in [-0.4, -0.2) is 60.7 Å². The van der Waals surface area contributed by atoms with Crippen LogP contribution >= 0.6 is 8.61 Å². The summed E-state index contributed by atoms with van der Waals surface area (Å²) >= 11 is 0. The third kappa shape index (κ3) is 2.37. The quantitative estimate of drug-likeness (QED) is 0.788. The molecule has 1 aliphatic heterocycles. The summed E-state index contributed by atoms with van der Waals surface area (Å²) in [5.74, 6) is -0.00142. The topological polar surface area (TPSA) is 53.9 Å². The number of guanidine groups is 1. The molecule has 2 N–H and O–H groups in total. The summed E-state index contributed by atoms with van der Waals surface area (Å²) in [4.78, 5) is 2.05. The number of rotatable bonds is 4. The first-order chi connectivity index (χ1) is 9.98. The Labute approximate surface area is 127 Å². The minimum Gasteiger partial charge on any atom is -0.278 e. The molecule has 21 heavy (non-hydrogen) atoms. The number of hydrogen-bond acceptors (Lipinski definition) is 6. The van der Waals surface area contributed by atoms with E-state index in [0.717, 1.165) is 5.56 Å². The average Bonchev–Trinajstić information content (AvgIpc) is 2.83. The lowest BCUT2D eigenvalue weighted by atomic mass is 10.1. The fraction of sp³-hybridized carbons (Fsp3) is 0.462. The van der Waals surface area contributed by atoms with E-state index in [-0.39, 0.29) is 8.61 Å². The summed E-state index contributed by atoms with van der Waals surface area (Å²) in [5, 5.41) is 10.3. The Kier molecular flexibility index (Phi) is 4.46. The third-order valence-electron chi connectivity index (χ3n) is 3.48. The number of hydrazine groups is 2. The van der Waals surface area contributed by atoms with Gasteiger partial charge in [0.25, 0.3) is 5.79 Å². The number of benzene rings is 1. The SMILES string of the molecule is CNC1=[N+](P=O)N(N(C)C)C(c2ccccc2)(N(C)C)N1. The van der Waals surface area contributed by atoms with Gasteiger partial charge in [0.2, 0.25) is 0 Å². The highest BCUT2D eigenvalue weighted by molar-refractivity contribution is 7.15. The predicted molar refractivity (Wildman–Crippen MR) is 82.4 cm³/mol. The number of hydrazone groups is 1. The van der Waals surface area contributed by atoms with Crippen molar-refractivity contribution in [2.45, 2.75) is 5.79 Å². The lowest BCUT2D eigenvalue weighted by molar-refractivity contribution is -0.635. The minimum atomic E-state index is -0.666. The maximum Gasteiger partial charge on any atom is 0.387 e. The maximum atomic E-state index is 11.7. The van der Waals surface area contributed by atoms with Gasteiger partial charge in [0.05, 0.1) is 7.05 Å². The second-order valence-electron chi connectivity index (χ2n) is 5.16. The Morgan fingerprint density at radius 1 is 1.24 bits per heavy atom. The van der Waals surface area contributed by atoms with E-state index in [9.17, 15) is 4.57 Å². The average molecular weight is 309 g/mol. The van der Waals surface area contributed by atoms with E-state index in [1.54, 1.807) is 11.5 Å². The van der Waals surface area contributed by atoms with Crippen LogP contribution in [0.1, 0.15) is 5.56 Å². The lowest BCUT2D eigenvalue weighted by Gasteiger charge is -2.42. The molecule has 0 radical (unpaired) electrons. The molecule has 1 aliphatic rings. The van der Waals surface area contributed by atoms with Gasteiger partial charge in [-0.3, -0.25) is 5.32 Å². The van der Waals surface area contributed by atoms with Crippen molar-refractivity contribution in [3.8, 4) is 0 Å². The van der Waals surface area contributed by atoms with Gasteiger partial charge in [-0.2, -0.15) is 5.01 Å². The molecule has 1 aromatic rings. The summed E-state index contributed by atoms with van der Waals surface area (Å²) < 4.78 is 13.3. The smallest absolute Gasteiger partial charge is 0.278 e. The number of nitrogens with one attached hydrogen (secondary N) is 2. The Balaban J connectivity index is 2.65. The zero-order valence-corrected chi connectivity index (χ0v) is 13.9. The molecule has 0 aliphatic carbocycles.